The number of thiophene rings is 1. The summed E-state index contributed by atoms with van der Waals surface area (Å²) in [4.78, 5) is 12.2. The number of fused-ring (bicyclic) bond motifs is 1. The molecule has 0 aliphatic carbocycles. The minimum Gasteiger partial charge on any atom is -0.477 e. The fraction of sp³-hybridized carbons (Fsp3) is 0.0714. The summed E-state index contributed by atoms with van der Waals surface area (Å²) in [5, 5.41) is 10.7. The first-order valence-electron chi connectivity index (χ1n) is 5.70. The third-order valence-electron chi connectivity index (χ3n) is 2.93. The second-order valence-electron chi connectivity index (χ2n) is 4.22. The monoisotopic (exact) mass is 291 g/mol. The van der Waals surface area contributed by atoms with E-state index in [-0.39, 0.29) is 0 Å². The molecule has 0 radical (unpaired) electrons. The fourth-order valence-electron chi connectivity index (χ4n) is 2.05. The SMILES string of the molecule is O=C(O)c1ccc(Cn2ccc3cc(Cl)ccc32)s1. The van der Waals surface area contributed by atoms with E-state index >= 15 is 0 Å². The Morgan fingerprint density at radius 1 is 1.26 bits per heavy atom. The standard InChI is InChI=1S/C14H10ClNO2S/c15-10-1-3-12-9(7-10)5-6-16(12)8-11-2-4-13(19-11)14(17)18/h1-7H,8H2,(H,17,18). The number of nitrogens with zero attached hydrogens (tertiary/aromatic N) is 1. The third kappa shape index (κ3) is 2.37. The molecule has 0 fully saturated rings. The van der Waals surface area contributed by atoms with Gasteiger partial charge in [0.2, 0.25) is 0 Å². The fourth-order valence-corrected chi connectivity index (χ4v) is 3.08. The molecule has 0 aliphatic rings. The maximum Gasteiger partial charge on any atom is 0.345 e. The van der Waals surface area contributed by atoms with Crippen LogP contribution in [0, 0.1) is 0 Å². The van der Waals surface area contributed by atoms with Crippen molar-refractivity contribution in [1.29, 1.82) is 0 Å². The minimum atomic E-state index is -0.875. The first-order chi connectivity index (χ1) is 9.13. The molecule has 0 amide bonds. The van der Waals surface area contributed by atoms with Gasteiger partial charge in [0.05, 0.1) is 6.54 Å². The number of aromatic nitrogens is 1. The molecule has 5 heteroatoms. The van der Waals surface area contributed by atoms with Crippen LogP contribution in [0.15, 0.2) is 42.6 Å². The molecule has 0 unspecified atom stereocenters. The van der Waals surface area contributed by atoms with Gasteiger partial charge in [-0.2, -0.15) is 0 Å². The molecule has 0 saturated carbocycles. The van der Waals surface area contributed by atoms with Gasteiger partial charge in [-0.1, -0.05) is 11.6 Å². The van der Waals surface area contributed by atoms with Crippen LogP contribution in [0.5, 0.6) is 0 Å². The van der Waals surface area contributed by atoms with Gasteiger partial charge in [-0.15, -0.1) is 11.3 Å². The molecule has 96 valence electrons. The highest BCUT2D eigenvalue weighted by molar-refractivity contribution is 7.13. The summed E-state index contributed by atoms with van der Waals surface area (Å²) >= 11 is 7.26. The summed E-state index contributed by atoms with van der Waals surface area (Å²) < 4.78 is 2.09. The van der Waals surface area contributed by atoms with Crippen molar-refractivity contribution in [3.05, 3.63) is 57.4 Å². The highest BCUT2D eigenvalue weighted by atomic mass is 35.5. The average Bonchev–Trinajstić information content (AvgIpc) is 2.97. The smallest absolute Gasteiger partial charge is 0.345 e. The third-order valence-corrected chi connectivity index (χ3v) is 4.22. The van der Waals surface area contributed by atoms with Crippen molar-refractivity contribution >= 4 is 39.8 Å². The van der Waals surface area contributed by atoms with Crippen LogP contribution in [0.25, 0.3) is 10.9 Å². The van der Waals surface area contributed by atoms with Crippen molar-refractivity contribution in [1.82, 2.24) is 4.57 Å². The molecule has 3 aromatic rings. The van der Waals surface area contributed by atoms with Gasteiger partial charge in [-0.05, 0) is 36.4 Å². The maximum absolute atomic E-state index is 10.9. The van der Waals surface area contributed by atoms with Crippen LogP contribution in [0.4, 0.5) is 0 Å². The lowest BCUT2D eigenvalue weighted by Gasteiger charge is -2.03. The van der Waals surface area contributed by atoms with Gasteiger partial charge in [-0.25, -0.2) is 4.79 Å². The van der Waals surface area contributed by atoms with Crippen molar-refractivity contribution in [2.75, 3.05) is 0 Å². The summed E-state index contributed by atoms with van der Waals surface area (Å²) in [5.74, 6) is -0.875. The van der Waals surface area contributed by atoms with Crippen molar-refractivity contribution in [2.45, 2.75) is 6.54 Å². The lowest BCUT2D eigenvalue weighted by molar-refractivity contribution is 0.0702. The normalized spacial score (nSPS) is 11.0. The number of hydrogen-bond acceptors (Lipinski definition) is 2. The first kappa shape index (κ1) is 12.3. The number of benzene rings is 1. The van der Waals surface area contributed by atoms with Crippen LogP contribution < -0.4 is 0 Å². The van der Waals surface area contributed by atoms with Crippen molar-refractivity contribution in [3.63, 3.8) is 0 Å². The topological polar surface area (TPSA) is 42.2 Å². The molecular formula is C14H10ClNO2S. The van der Waals surface area contributed by atoms with Crippen LogP contribution in [0.1, 0.15) is 14.5 Å². The van der Waals surface area contributed by atoms with Crippen LogP contribution in [-0.4, -0.2) is 15.6 Å². The highest BCUT2D eigenvalue weighted by Gasteiger charge is 2.08. The molecule has 0 saturated heterocycles. The average molecular weight is 292 g/mol. The minimum absolute atomic E-state index is 0.370. The van der Waals surface area contributed by atoms with Crippen LogP contribution in [-0.2, 0) is 6.54 Å². The van der Waals surface area contributed by atoms with Crippen molar-refractivity contribution < 1.29 is 9.90 Å². The van der Waals surface area contributed by atoms with E-state index in [1.807, 2.05) is 36.5 Å². The number of carbonyl (C=O) groups is 1. The molecule has 1 N–H and O–H groups in total. The van der Waals surface area contributed by atoms with E-state index in [9.17, 15) is 4.79 Å². The number of hydrogen-bond donors (Lipinski definition) is 1. The molecule has 2 heterocycles. The van der Waals surface area contributed by atoms with Gasteiger partial charge < -0.3 is 9.67 Å². The highest BCUT2D eigenvalue weighted by Crippen LogP contribution is 2.23. The van der Waals surface area contributed by atoms with Gasteiger partial charge in [0.15, 0.2) is 0 Å². The van der Waals surface area contributed by atoms with Crippen LogP contribution in [0.2, 0.25) is 5.02 Å². The quantitative estimate of drug-likeness (QED) is 0.789. The number of aromatic carboxylic acids is 1. The second kappa shape index (κ2) is 4.72. The molecule has 0 aliphatic heterocycles. The molecule has 2 aromatic heterocycles. The predicted molar refractivity (Wildman–Crippen MR) is 77.3 cm³/mol. The van der Waals surface area contributed by atoms with Gasteiger partial charge in [0.25, 0.3) is 0 Å². The molecule has 3 nitrogen and oxygen atoms in total. The summed E-state index contributed by atoms with van der Waals surface area (Å²) in [5.41, 5.74) is 1.09. The van der Waals surface area contributed by atoms with E-state index in [0.717, 1.165) is 20.8 Å². The van der Waals surface area contributed by atoms with E-state index in [4.69, 9.17) is 16.7 Å². The number of carboxylic acids is 1. The largest absolute Gasteiger partial charge is 0.477 e. The summed E-state index contributed by atoms with van der Waals surface area (Å²) in [7, 11) is 0. The molecule has 1 aromatic carbocycles. The number of halogens is 1. The van der Waals surface area contributed by atoms with Gasteiger partial charge in [-0.3, -0.25) is 0 Å². The molecule has 0 bridgehead atoms. The molecule has 0 spiro atoms. The van der Waals surface area contributed by atoms with Crippen LogP contribution >= 0.6 is 22.9 Å². The van der Waals surface area contributed by atoms with E-state index in [2.05, 4.69) is 4.57 Å². The van der Waals surface area contributed by atoms with Gasteiger partial charge in [0, 0.05) is 27.0 Å². The number of carboxylic acid groups (broad SMARTS) is 1. The van der Waals surface area contributed by atoms with E-state index < -0.39 is 5.97 Å². The Morgan fingerprint density at radius 2 is 2.11 bits per heavy atom. The zero-order chi connectivity index (χ0) is 13.4. The zero-order valence-electron chi connectivity index (χ0n) is 9.84. The Labute approximate surface area is 118 Å². The lowest BCUT2D eigenvalue weighted by atomic mass is 10.2. The lowest BCUT2D eigenvalue weighted by Crippen LogP contribution is -1.95. The molecule has 19 heavy (non-hydrogen) atoms. The molecular weight excluding hydrogens is 282 g/mol. The van der Waals surface area contributed by atoms with Gasteiger partial charge >= 0.3 is 5.97 Å². The van der Waals surface area contributed by atoms with E-state index in [1.54, 1.807) is 6.07 Å². The Bertz CT molecular complexity index is 760. The first-order valence-corrected chi connectivity index (χ1v) is 6.89. The van der Waals surface area contributed by atoms with Crippen molar-refractivity contribution in [2.24, 2.45) is 0 Å². The number of rotatable bonds is 3. The van der Waals surface area contributed by atoms with Crippen LogP contribution in [0.3, 0.4) is 0 Å². The summed E-state index contributed by atoms with van der Waals surface area (Å²) in [6.07, 6.45) is 1.99. The van der Waals surface area contributed by atoms with Gasteiger partial charge in [0.1, 0.15) is 4.88 Å². The Balaban J connectivity index is 1.94. The second-order valence-corrected chi connectivity index (χ2v) is 5.82. The zero-order valence-corrected chi connectivity index (χ0v) is 11.4. The molecule has 0 atom stereocenters. The molecule has 3 rings (SSSR count). The van der Waals surface area contributed by atoms with E-state index in [0.29, 0.717) is 11.4 Å². The maximum atomic E-state index is 10.9. The summed E-state index contributed by atoms with van der Waals surface area (Å²) in [6.45, 7) is 0.670. The van der Waals surface area contributed by atoms with E-state index in [1.165, 1.54) is 11.3 Å². The predicted octanol–water partition coefficient (Wildman–Crippen LogP) is 4.10. The Hall–Kier alpha value is -1.78. The summed E-state index contributed by atoms with van der Waals surface area (Å²) in [6, 6.07) is 11.3. The van der Waals surface area contributed by atoms with Crippen molar-refractivity contribution in [3.8, 4) is 0 Å². The Morgan fingerprint density at radius 3 is 2.84 bits per heavy atom. The Kier molecular flexibility index (Phi) is 3.05.